The molecule has 0 aromatic heterocycles. The molecule has 0 amide bonds. The monoisotopic (exact) mass is 130 g/mol. The van der Waals surface area contributed by atoms with Gasteiger partial charge in [0.25, 0.3) is 0 Å². The van der Waals surface area contributed by atoms with Gasteiger partial charge in [-0.1, -0.05) is 6.58 Å². The van der Waals surface area contributed by atoms with Crippen LogP contribution in [0, 0.1) is 0 Å². The number of thioether (sulfide) groups is 1. The number of aliphatic hydroxyl groups excluding tert-OH is 1. The summed E-state index contributed by atoms with van der Waals surface area (Å²) in [6, 6.07) is 0. The van der Waals surface area contributed by atoms with E-state index in [4.69, 9.17) is 5.11 Å². The van der Waals surface area contributed by atoms with Crippen molar-refractivity contribution in [2.75, 3.05) is 12.9 Å². The lowest BCUT2D eigenvalue weighted by Crippen LogP contribution is -1.81. The van der Waals surface area contributed by atoms with Crippen molar-refractivity contribution in [1.29, 1.82) is 0 Å². The van der Waals surface area contributed by atoms with Crippen LogP contribution < -0.4 is 0 Å². The third-order valence-corrected chi connectivity index (χ3v) is 1.62. The molecule has 0 radical (unpaired) electrons. The largest absolute Gasteiger partial charge is 0.396 e. The zero-order chi connectivity index (χ0) is 6.41. The second-order valence-corrected chi connectivity index (χ2v) is 2.18. The molecule has 0 bridgehead atoms. The van der Waals surface area contributed by atoms with Crippen molar-refractivity contribution in [2.45, 2.75) is 6.42 Å². The normalized spacial score (nSPS) is 8.25. The van der Waals surface area contributed by atoms with E-state index < -0.39 is 0 Å². The lowest BCUT2D eigenvalue weighted by molar-refractivity contribution is 0.302. The van der Waals surface area contributed by atoms with Crippen molar-refractivity contribution in [1.82, 2.24) is 0 Å². The Morgan fingerprint density at radius 3 is 2.62 bits per heavy atom. The van der Waals surface area contributed by atoms with E-state index in [1.807, 2.05) is 6.26 Å². The second-order valence-electron chi connectivity index (χ2n) is 1.28. The Hall–Kier alpha value is -0.170. The summed E-state index contributed by atoms with van der Waals surface area (Å²) in [5.41, 5.74) is 2.72. The Kier molecular flexibility index (Phi) is 4.87. The van der Waals surface area contributed by atoms with Crippen LogP contribution in [0.2, 0.25) is 0 Å². The van der Waals surface area contributed by atoms with E-state index >= 15 is 0 Å². The fraction of sp³-hybridized carbons (Fsp3) is 0.500. The van der Waals surface area contributed by atoms with E-state index in [0.717, 1.165) is 4.91 Å². The highest BCUT2D eigenvalue weighted by Gasteiger charge is 1.88. The first-order chi connectivity index (χ1) is 3.85. The number of rotatable bonds is 3. The molecule has 8 heavy (non-hydrogen) atoms. The molecule has 0 spiro atoms. The van der Waals surface area contributed by atoms with Gasteiger partial charge in [-0.15, -0.1) is 17.5 Å². The molecule has 0 atom stereocenters. The van der Waals surface area contributed by atoms with Crippen LogP contribution in [0.4, 0.5) is 0 Å². The van der Waals surface area contributed by atoms with Gasteiger partial charge >= 0.3 is 0 Å². The molecule has 0 unspecified atom stereocenters. The molecule has 0 aliphatic rings. The fourth-order valence-corrected chi connectivity index (χ4v) is 0.804. The van der Waals surface area contributed by atoms with Gasteiger partial charge in [0.15, 0.2) is 0 Å². The quantitative estimate of drug-likeness (QED) is 0.583. The van der Waals surface area contributed by atoms with Crippen molar-refractivity contribution in [3.63, 3.8) is 0 Å². The fourth-order valence-electron chi connectivity index (χ4n) is 0.364. The molecular weight excluding hydrogens is 120 g/mol. The third-order valence-electron chi connectivity index (χ3n) is 0.782. The first-order valence-electron chi connectivity index (χ1n) is 2.39. The van der Waals surface area contributed by atoms with Crippen LogP contribution in [0.3, 0.4) is 0 Å². The predicted octanol–water partition coefficient (Wildman–Crippen LogP) is 1.40. The molecule has 0 fully saturated rings. The van der Waals surface area contributed by atoms with Crippen LogP contribution in [0.1, 0.15) is 6.42 Å². The lowest BCUT2D eigenvalue weighted by atomic mass is 10.4. The van der Waals surface area contributed by atoms with Crippen LogP contribution in [-0.4, -0.2) is 18.0 Å². The third kappa shape index (κ3) is 2.92. The summed E-state index contributed by atoms with van der Waals surface area (Å²) in [7, 11) is 0. The molecule has 0 rings (SSSR count). The van der Waals surface area contributed by atoms with Crippen LogP contribution in [-0.2, 0) is 0 Å². The topological polar surface area (TPSA) is 20.2 Å². The summed E-state index contributed by atoms with van der Waals surface area (Å²) >= 11 is 1.58. The Labute approximate surface area is 54.1 Å². The highest BCUT2D eigenvalue weighted by molar-refractivity contribution is 8.02. The molecular formula is C6H10OS. The molecule has 0 saturated heterocycles. The number of aliphatic hydroxyl groups is 1. The van der Waals surface area contributed by atoms with E-state index in [2.05, 4.69) is 12.3 Å². The van der Waals surface area contributed by atoms with Gasteiger partial charge in [-0.05, 0) is 6.26 Å². The number of hydrogen-bond donors (Lipinski definition) is 1. The lowest BCUT2D eigenvalue weighted by Gasteiger charge is -1.93. The Bertz CT molecular complexity index is 103. The van der Waals surface area contributed by atoms with Crippen LogP contribution in [0.15, 0.2) is 17.2 Å². The standard InChI is InChI=1S/C6H10OS/c1-3-6(8-2)4-5-7/h7H,1,4-5H2,2H3. The minimum absolute atomic E-state index is 0.193. The molecule has 0 aromatic carbocycles. The minimum Gasteiger partial charge on any atom is -0.396 e. The zero-order valence-electron chi connectivity index (χ0n) is 4.98. The van der Waals surface area contributed by atoms with Crippen molar-refractivity contribution >= 4 is 11.8 Å². The molecule has 2 heteroatoms. The molecule has 46 valence electrons. The Morgan fingerprint density at radius 1 is 1.88 bits per heavy atom. The van der Waals surface area contributed by atoms with Gasteiger partial charge in [-0.3, -0.25) is 0 Å². The van der Waals surface area contributed by atoms with Gasteiger partial charge in [0.1, 0.15) is 0 Å². The van der Waals surface area contributed by atoms with Gasteiger partial charge in [0.2, 0.25) is 0 Å². The van der Waals surface area contributed by atoms with Gasteiger partial charge < -0.3 is 5.11 Å². The minimum atomic E-state index is 0.193. The summed E-state index contributed by atoms with van der Waals surface area (Å²) in [5, 5.41) is 8.40. The summed E-state index contributed by atoms with van der Waals surface area (Å²) < 4.78 is 0. The maximum absolute atomic E-state index is 8.40. The van der Waals surface area contributed by atoms with Crippen molar-refractivity contribution < 1.29 is 5.11 Å². The Morgan fingerprint density at radius 2 is 2.50 bits per heavy atom. The van der Waals surface area contributed by atoms with E-state index in [-0.39, 0.29) is 6.61 Å². The van der Waals surface area contributed by atoms with Crippen LogP contribution >= 0.6 is 11.8 Å². The smallest absolute Gasteiger partial charge is 0.0482 e. The summed E-state index contributed by atoms with van der Waals surface area (Å²) in [6.45, 7) is 3.65. The Balaban J connectivity index is 3.55. The van der Waals surface area contributed by atoms with E-state index in [1.165, 1.54) is 0 Å². The molecule has 0 aliphatic heterocycles. The van der Waals surface area contributed by atoms with Crippen molar-refractivity contribution in [3.05, 3.63) is 17.2 Å². The average Bonchev–Trinajstić information content (AvgIpc) is 1.83. The molecule has 1 nitrogen and oxygen atoms in total. The van der Waals surface area contributed by atoms with Gasteiger partial charge in [-0.2, -0.15) is 0 Å². The second kappa shape index (κ2) is 4.98. The van der Waals surface area contributed by atoms with E-state index in [0.29, 0.717) is 6.42 Å². The van der Waals surface area contributed by atoms with Gasteiger partial charge in [-0.25, -0.2) is 0 Å². The van der Waals surface area contributed by atoms with Crippen molar-refractivity contribution in [3.8, 4) is 0 Å². The molecule has 1 N–H and O–H groups in total. The molecule has 0 aromatic rings. The maximum atomic E-state index is 8.40. The van der Waals surface area contributed by atoms with Crippen molar-refractivity contribution in [2.24, 2.45) is 0 Å². The van der Waals surface area contributed by atoms with E-state index in [9.17, 15) is 0 Å². The van der Waals surface area contributed by atoms with Crippen LogP contribution in [0.25, 0.3) is 0 Å². The summed E-state index contributed by atoms with van der Waals surface area (Å²) in [4.78, 5) is 1.02. The molecule has 0 aliphatic carbocycles. The molecule has 0 heterocycles. The predicted molar refractivity (Wildman–Crippen MR) is 37.9 cm³/mol. The highest BCUT2D eigenvalue weighted by Crippen LogP contribution is 2.11. The maximum Gasteiger partial charge on any atom is 0.0482 e. The average molecular weight is 130 g/mol. The number of hydrogen-bond acceptors (Lipinski definition) is 2. The first-order valence-corrected chi connectivity index (χ1v) is 3.61. The van der Waals surface area contributed by atoms with Gasteiger partial charge in [0.05, 0.1) is 0 Å². The molecule has 0 saturated carbocycles. The first kappa shape index (κ1) is 7.83. The summed E-state index contributed by atoms with van der Waals surface area (Å²) in [6.07, 6.45) is 2.63. The van der Waals surface area contributed by atoms with Crippen LogP contribution in [0.5, 0.6) is 0 Å². The van der Waals surface area contributed by atoms with Gasteiger partial charge in [0, 0.05) is 17.9 Å². The SMILES string of the molecule is C=C=C(CCO)SC. The van der Waals surface area contributed by atoms with E-state index in [1.54, 1.807) is 11.8 Å². The zero-order valence-corrected chi connectivity index (χ0v) is 5.79. The highest BCUT2D eigenvalue weighted by atomic mass is 32.2. The summed E-state index contributed by atoms with van der Waals surface area (Å²) in [5.74, 6) is 0.